The fourth-order valence-electron chi connectivity index (χ4n) is 1.46. The summed E-state index contributed by atoms with van der Waals surface area (Å²) in [5, 5.41) is 10.5. The monoisotopic (exact) mass is 194 g/mol. The molecular formula is C9H10N2O3. The summed E-state index contributed by atoms with van der Waals surface area (Å²) < 4.78 is 5.37. The minimum absolute atomic E-state index is 0.114. The third kappa shape index (κ3) is 1.54. The first-order chi connectivity index (χ1) is 6.66. The van der Waals surface area contributed by atoms with Crippen molar-refractivity contribution in [2.24, 2.45) is 0 Å². The van der Waals surface area contributed by atoms with E-state index in [1.807, 2.05) is 11.9 Å². The van der Waals surface area contributed by atoms with Crippen molar-refractivity contribution in [3.8, 4) is 5.75 Å². The van der Waals surface area contributed by atoms with Crippen molar-refractivity contribution in [2.75, 3.05) is 13.8 Å². The molecule has 5 heteroatoms. The van der Waals surface area contributed by atoms with Gasteiger partial charge < -0.3 is 4.74 Å². The van der Waals surface area contributed by atoms with Crippen LogP contribution in [0.25, 0.3) is 0 Å². The van der Waals surface area contributed by atoms with Gasteiger partial charge in [-0.2, -0.15) is 0 Å². The summed E-state index contributed by atoms with van der Waals surface area (Å²) >= 11 is 0. The normalized spacial score (nSPS) is 15.8. The van der Waals surface area contributed by atoms with Crippen LogP contribution in [0.4, 0.5) is 5.69 Å². The van der Waals surface area contributed by atoms with E-state index in [4.69, 9.17) is 4.74 Å². The molecule has 0 saturated carbocycles. The van der Waals surface area contributed by atoms with E-state index < -0.39 is 4.92 Å². The van der Waals surface area contributed by atoms with Gasteiger partial charge in [0.25, 0.3) is 5.69 Å². The summed E-state index contributed by atoms with van der Waals surface area (Å²) in [6.07, 6.45) is 0. The van der Waals surface area contributed by atoms with E-state index in [0.29, 0.717) is 13.3 Å². The van der Waals surface area contributed by atoms with Gasteiger partial charge in [0.05, 0.1) is 4.92 Å². The SMILES string of the molecule is CN1COc2ccc([N+](=O)[O-])cc2C1. The molecule has 1 aromatic rings. The van der Waals surface area contributed by atoms with Crippen molar-refractivity contribution in [1.82, 2.24) is 4.90 Å². The number of benzene rings is 1. The molecule has 0 bridgehead atoms. The molecule has 14 heavy (non-hydrogen) atoms. The van der Waals surface area contributed by atoms with Gasteiger partial charge in [0, 0.05) is 24.2 Å². The second-order valence-electron chi connectivity index (χ2n) is 3.34. The van der Waals surface area contributed by atoms with E-state index in [1.165, 1.54) is 6.07 Å². The van der Waals surface area contributed by atoms with Crippen LogP contribution in [0.15, 0.2) is 18.2 Å². The number of non-ortho nitro benzene ring substituents is 1. The van der Waals surface area contributed by atoms with Gasteiger partial charge in [-0.25, -0.2) is 0 Å². The topological polar surface area (TPSA) is 55.6 Å². The zero-order chi connectivity index (χ0) is 10.1. The lowest BCUT2D eigenvalue weighted by atomic mass is 10.1. The number of nitrogens with zero attached hydrogens (tertiary/aromatic N) is 2. The zero-order valence-corrected chi connectivity index (χ0v) is 7.77. The zero-order valence-electron chi connectivity index (χ0n) is 7.77. The van der Waals surface area contributed by atoms with Gasteiger partial charge in [0.15, 0.2) is 0 Å². The quantitative estimate of drug-likeness (QED) is 0.500. The van der Waals surface area contributed by atoms with Crippen LogP contribution in [0.5, 0.6) is 5.75 Å². The van der Waals surface area contributed by atoms with Crippen LogP contribution < -0.4 is 4.74 Å². The average molecular weight is 194 g/mol. The molecule has 0 unspecified atom stereocenters. The third-order valence-electron chi connectivity index (χ3n) is 2.14. The molecule has 5 nitrogen and oxygen atoms in total. The summed E-state index contributed by atoms with van der Waals surface area (Å²) in [5.74, 6) is 0.744. The lowest BCUT2D eigenvalue weighted by Crippen LogP contribution is -2.28. The highest BCUT2D eigenvalue weighted by Crippen LogP contribution is 2.27. The van der Waals surface area contributed by atoms with Crippen LogP contribution in [-0.4, -0.2) is 23.6 Å². The molecule has 0 spiro atoms. The molecule has 0 aliphatic carbocycles. The fourth-order valence-corrected chi connectivity index (χ4v) is 1.46. The summed E-state index contributed by atoms with van der Waals surface area (Å²) in [4.78, 5) is 12.1. The molecule has 0 radical (unpaired) electrons. The number of nitro groups is 1. The van der Waals surface area contributed by atoms with Crippen molar-refractivity contribution in [2.45, 2.75) is 6.54 Å². The first kappa shape index (κ1) is 8.96. The number of hydrogen-bond acceptors (Lipinski definition) is 4. The molecule has 0 fully saturated rings. The Bertz CT molecular complexity index is 378. The number of nitro benzene ring substituents is 1. The Hall–Kier alpha value is -1.62. The Morgan fingerprint density at radius 1 is 1.57 bits per heavy atom. The number of rotatable bonds is 1. The van der Waals surface area contributed by atoms with Gasteiger partial charge in [-0.1, -0.05) is 0 Å². The molecule has 2 rings (SSSR count). The molecule has 0 aromatic heterocycles. The van der Waals surface area contributed by atoms with E-state index in [-0.39, 0.29) is 5.69 Å². The van der Waals surface area contributed by atoms with Crippen LogP contribution in [0.3, 0.4) is 0 Å². The standard InChI is InChI=1S/C9H10N2O3/c1-10-5-7-4-8(11(12)13)2-3-9(7)14-6-10/h2-4H,5-6H2,1H3. The van der Waals surface area contributed by atoms with E-state index in [9.17, 15) is 10.1 Å². The van der Waals surface area contributed by atoms with Crippen molar-refractivity contribution in [3.63, 3.8) is 0 Å². The van der Waals surface area contributed by atoms with Gasteiger partial charge in [-0.15, -0.1) is 0 Å². The molecule has 0 N–H and O–H groups in total. The first-order valence-electron chi connectivity index (χ1n) is 4.25. The van der Waals surface area contributed by atoms with Gasteiger partial charge in [-0.05, 0) is 13.1 Å². The number of fused-ring (bicyclic) bond motifs is 1. The van der Waals surface area contributed by atoms with E-state index in [1.54, 1.807) is 12.1 Å². The van der Waals surface area contributed by atoms with Crippen LogP contribution in [0.2, 0.25) is 0 Å². The Balaban J connectivity index is 2.37. The molecule has 1 aliphatic heterocycles. The van der Waals surface area contributed by atoms with Crippen molar-refractivity contribution in [1.29, 1.82) is 0 Å². The summed E-state index contributed by atoms with van der Waals surface area (Å²) in [5.41, 5.74) is 0.982. The Morgan fingerprint density at radius 2 is 2.36 bits per heavy atom. The molecule has 0 saturated heterocycles. The van der Waals surface area contributed by atoms with Gasteiger partial charge in [0.1, 0.15) is 12.5 Å². The minimum Gasteiger partial charge on any atom is -0.478 e. The van der Waals surface area contributed by atoms with Crippen LogP contribution in [0, 0.1) is 10.1 Å². The second kappa shape index (κ2) is 3.26. The summed E-state index contributed by atoms with van der Waals surface area (Å²) in [6, 6.07) is 4.68. The fraction of sp³-hybridized carbons (Fsp3) is 0.333. The van der Waals surface area contributed by atoms with Gasteiger partial charge >= 0.3 is 0 Å². The molecule has 1 aromatic carbocycles. The molecule has 1 aliphatic rings. The van der Waals surface area contributed by atoms with Crippen molar-refractivity contribution < 1.29 is 9.66 Å². The van der Waals surface area contributed by atoms with Gasteiger partial charge in [0.2, 0.25) is 0 Å². The lowest BCUT2D eigenvalue weighted by Gasteiger charge is -2.24. The van der Waals surface area contributed by atoms with E-state index >= 15 is 0 Å². The molecule has 74 valence electrons. The van der Waals surface area contributed by atoms with Crippen molar-refractivity contribution in [3.05, 3.63) is 33.9 Å². The predicted octanol–water partition coefficient (Wildman–Crippen LogP) is 1.38. The number of hydrogen-bond donors (Lipinski definition) is 0. The smallest absolute Gasteiger partial charge is 0.270 e. The maximum absolute atomic E-state index is 10.5. The van der Waals surface area contributed by atoms with Crippen LogP contribution >= 0.6 is 0 Å². The highest BCUT2D eigenvalue weighted by molar-refractivity contribution is 5.44. The second-order valence-corrected chi connectivity index (χ2v) is 3.34. The number of ether oxygens (including phenoxy) is 1. The van der Waals surface area contributed by atoms with Gasteiger partial charge in [-0.3, -0.25) is 15.0 Å². The third-order valence-corrected chi connectivity index (χ3v) is 2.14. The average Bonchev–Trinajstić information content (AvgIpc) is 2.16. The molecular weight excluding hydrogens is 184 g/mol. The largest absolute Gasteiger partial charge is 0.478 e. The van der Waals surface area contributed by atoms with Crippen LogP contribution in [0.1, 0.15) is 5.56 Å². The first-order valence-corrected chi connectivity index (χ1v) is 4.25. The summed E-state index contributed by atoms with van der Waals surface area (Å²) in [6.45, 7) is 1.22. The summed E-state index contributed by atoms with van der Waals surface area (Å²) in [7, 11) is 1.90. The Kier molecular flexibility index (Phi) is 2.09. The van der Waals surface area contributed by atoms with E-state index in [0.717, 1.165) is 11.3 Å². The van der Waals surface area contributed by atoms with Crippen molar-refractivity contribution >= 4 is 5.69 Å². The van der Waals surface area contributed by atoms with Crippen LogP contribution in [-0.2, 0) is 6.54 Å². The Labute approximate surface area is 81.0 Å². The highest BCUT2D eigenvalue weighted by atomic mass is 16.6. The molecule has 0 amide bonds. The highest BCUT2D eigenvalue weighted by Gasteiger charge is 2.17. The Morgan fingerprint density at radius 3 is 3.07 bits per heavy atom. The maximum Gasteiger partial charge on any atom is 0.270 e. The van der Waals surface area contributed by atoms with E-state index in [2.05, 4.69) is 0 Å². The predicted molar refractivity (Wildman–Crippen MR) is 50.1 cm³/mol. The minimum atomic E-state index is -0.394. The lowest BCUT2D eigenvalue weighted by molar-refractivity contribution is -0.385. The maximum atomic E-state index is 10.5. The molecule has 0 atom stereocenters. The molecule has 1 heterocycles.